The van der Waals surface area contributed by atoms with Gasteiger partial charge in [-0.15, -0.1) is 9.24 Å². The lowest BCUT2D eigenvalue weighted by Crippen LogP contribution is -2.03. The van der Waals surface area contributed by atoms with Crippen LogP contribution < -0.4 is 0 Å². The summed E-state index contributed by atoms with van der Waals surface area (Å²) >= 11 is 0. The molecule has 46 valence electrons. The summed E-state index contributed by atoms with van der Waals surface area (Å²) in [5, 5.41) is 0. The van der Waals surface area contributed by atoms with Crippen LogP contribution in [0.4, 0.5) is 0 Å². The van der Waals surface area contributed by atoms with Crippen LogP contribution in [-0.2, 0) is 0 Å². The zero-order valence-corrected chi connectivity index (χ0v) is 6.56. The smallest absolute Gasteiger partial charge is 0.0167 e. The lowest BCUT2D eigenvalue weighted by atomic mass is 9.88. The van der Waals surface area contributed by atoms with Crippen LogP contribution in [0.25, 0.3) is 0 Å². The maximum absolute atomic E-state index is 2.79. The molecule has 1 atom stereocenters. The molecule has 1 aliphatic rings. The lowest BCUT2D eigenvalue weighted by Gasteiger charge is -2.21. The zero-order valence-electron chi connectivity index (χ0n) is 5.41. The maximum Gasteiger partial charge on any atom is -0.0167 e. The normalized spacial score (nSPS) is 18.8. The van der Waals surface area contributed by atoms with E-state index in [1.54, 1.807) is 11.1 Å². The highest BCUT2D eigenvalue weighted by atomic mass is 31.0. The predicted octanol–water partition coefficient (Wildman–Crippen LogP) is 2.36. The molecule has 0 fully saturated rings. The van der Waals surface area contributed by atoms with Gasteiger partial charge in [0.05, 0.1) is 0 Å². The molecule has 0 N–H and O–H groups in total. The number of rotatable bonds is 2. The molecular formula is C7H13P. The van der Waals surface area contributed by atoms with E-state index in [4.69, 9.17) is 0 Å². The fraction of sp³-hybridized carbons (Fsp3) is 0.714. The van der Waals surface area contributed by atoms with Gasteiger partial charge in [-0.05, 0) is 25.4 Å². The fourth-order valence-corrected chi connectivity index (χ4v) is 1.64. The minimum atomic E-state index is 1.21. The highest BCUT2D eigenvalue weighted by Crippen LogP contribution is 2.30. The summed E-state index contributed by atoms with van der Waals surface area (Å²) in [6.45, 7) is 2.24. The molecule has 0 spiro atoms. The van der Waals surface area contributed by atoms with E-state index in [2.05, 4.69) is 16.2 Å². The van der Waals surface area contributed by atoms with Gasteiger partial charge in [0.15, 0.2) is 0 Å². The van der Waals surface area contributed by atoms with Gasteiger partial charge in [-0.3, -0.25) is 0 Å². The van der Waals surface area contributed by atoms with E-state index in [0.717, 1.165) is 0 Å². The van der Waals surface area contributed by atoms with E-state index in [-0.39, 0.29) is 0 Å². The Hall–Kier alpha value is 0.170. The summed E-state index contributed by atoms with van der Waals surface area (Å²) in [6, 6.07) is 0. The first-order valence-corrected chi connectivity index (χ1v) is 4.10. The van der Waals surface area contributed by atoms with Crippen molar-refractivity contribution in [2.45, 2.75) is 26.2 Å². The molecule has 0 bridgehead atoms. The summed E-state index contributed by atoms with van der Waals surface area (Å²) in [5.41, 5.74) is 3.40. The number of hydrogen-bond donors (Lipinski definition) is 0. The van der Waals surface area contributed by atoms with Crippen LogP contribution >= 0.6 is 9.24 Å². The third-order valence-corrected chi connectivity index (χ3v) is 2.39. The second-order valence-corrected chi connectivity index (χ2v) is 2.67. The summed E-state index contributed by atoms with van der Waals surface area (Å²) in [7, 11) is 2.79. The molecule has 0 radical (unpaired) electrons. The van der Waals surface area contributed by atoms with Gasteiger partial charge in [0, 0.05) is 0 Å². The third kappa shape index (κ3) is 0.951. The molecule has 0 saturated carbocycles. The van der Waals surface area contributed by atoms with E-state index in [0.29, 0.717) is 0 Å². The van der Waals surface area contributed by atoms with Crippen LogP contribution in [0, 0.1) is 0 Å². The first-order chi connectivity index (χ1) is 3.88. The average molecular weight is 128 g/mol. The molecule has 0 aromatic heterocycles. The average Bonchev–Trinajstić information content (AvgIpc) is 1.66. The zero-order chi connectivity index (χ0) is 5.98. The molecule has 0 amide bonds. The molecule has 0 saturated heterocycles. The van der Waals surface area contributed by atoms with Gasteiger partial charge in [-0.1, -0.05) is 18.1 Å². The first kappa shape index (κ1) is 6.29. The Kier molecular flexibility index (Phi) is 2.08. The summed E-state index contributed by atoms with van der Waals surface area (Å²) in [5.74, 6) is 0. The summed E-state index contributed by atoms with van der Waals surface area (Å²) < 4.78 is 0. The Labute approximate surface area is 53.6 Å². The SMILES string of the molecule is CCC1=C(CP)CC1. The van der Waals surface area contributed by atoms with E-state index >= 15 is 0 Å². The Bertz CT molecular complexity index is 99.6. The van der Waals surface area contributed by atoms with Gasteiger partial charge in [-0.2, -0.15) is 0 Å². The fourth-order valence-electron chi connectivity index (χ4n) is 1.15. The topological polar surface area (TPSA) is 0 Å². The monoisotopic (exact) mass is 128 g/mol. The first-order valence-electron chi connectivity index (χ1n) is 3.28. The molecule has 1 heteroatoms. The van der Waals surface area contributed by atoms with Crippen molar-refractivity contribution in [1.29, 1.82) is 0 Å². The van der Waals surface area contributed by atoms with Crippen LogP contribution in [0.2, 0.25) is 0 Å². The molecule has 0 aromatic carbocycles. The molecule has 0 aliphatic heterocycles. The number of allylic oxidation sites excluding steroid dienone is 2. The van der Waals surface area contributed by atoms with Crippen molar-refractivity contribution < 1.29 is 0 Å². The van der Waals surface area contributed by atoms with Crippen LogP contribution in [0.1, 0.15) is 26.2 Å². The van der Waals surface area contributed by atoms with Gasteiger partial charge in [0.1, 0.15) is 0 Å². The molecule has 0 nitrogen and oxygen atoms in total. The summed E-state index contributed by atoms with van der Waals surface area (Å²) in [6.07, 6.45) is 5.24. The summed E-state index contributed by atoms with van der Waals surface area (Å²) in [4.78, 5) is 0. The van der Waals surface area contributed by atoms with Gasteiger partial charge in [0.2, 0.25) is 0 Å². The predicted molar refractivity (Wildman–Crippen MR) is 41.1 cm³/mol. The van der Waals surface area contributed by atoms with Crippen molar-refractivity contribution in [1.82, 2.24) is 0 Å². The molecular weight excluding hydrogens is 115 g/mol. The quantitative estimate of drug-likeness (QED) is 0.395. The van der Waals surface area contributed by atoms with Crippen molar-refractivity contribution >= 4 is 9.24 Å². The van der Waals surface area contributed by atoms with Crippen molar-refractivity contribution in [2.75, 3.05) is 6.16 Å². The molecule has 0 heterocycles. The van der Waals surface area contributed by atoms with Gasteiger partial charge < -0.3 is 0 Å². The van der Waals surface area contributed by atoms with Crippen LogP contribution in [0.15, 0.2) is 11.1 Å². The Morgan fingerprint density at radius 2 is 2.00 bits per heavy atom. The van der Waals surface area contributed by atoms with Gasteiger partial charge in [-0.25, -0.2) is 0 Å². The third-order valence-electron chi connectivity index (χ3n) is 1.90. The minimum absolute atomic E-state index is 1.21. The second kappa shape index (κ2) is 2.64. The number of hydrogen-bond acceptors (Lipinski definition) is 0. The van der Waals surface area contributed by atoms with Crippen LogP contribution in [0.3, 0.4) is 0 Å². The minimum Gasteiger partial charge on any atom is -0.133 e. The van der Waals surface area contributed by atoms with Crippen molar-refractivity contribution in [2.24, 2.45) is 0 Å². The molecule has 1 unspecified atom stereocenters. The van der Waals surface area contributed by atoms with Crippen LogP contribution in [-0.4, -0.2) is 6.16 Å². The Morgan fingerprint density at radius 3 is 2.12 bits per heavy atom. The van der Waals surface area contributed by atoms with Crippen molar-refractivity contribution in [3.8, 4) is 0 Å². The highest BCUT2D eigenvalue weighted by Gasteiger charge is 2.11. The molecule has 1 aliphatic carbocycles. The highest BCUT2D eigenvalue weighted by molar-refractivity contribution is 7.16. The molecule has 0 aromatic rings. The van der Waals surface area contributed by atoms with Crippen molar-refractivity contribution in [3.63, 3.8) is 0 Å². The van der Waals surface area contributed by atoms with E-state index in [1.807, 2.05) is 0 Å². The lowest BCUT2D eigenvalue weighted by molar-refractivity contribution is 0.758. The van der Waals surface area contributed by atoms with E-state index in [1.165, 1.54) is 25.4 Å². The Balaban J connectivity index is 2.49. The van der Waals surface area contributed by atoms with Gasteiger partial charge >= 0.3 is 0 Å². The van der Waals surface area contributed by atoms with Crippen LogP contribution in [0.5, 0.6) is 0 Å². The second-order valence-electron chi connectivity index (χ2n) is 2.26. The molecule has 8 heavy (non-hydrogen) atoms. The maximum atomic E-state index is 2.79. The van der Waals surface area contributed by atoms with Gasteiger partial charge in [0.25, 0.3) is 0 Å². The standard InChI is InChI=1S/C7H13P/c1-2-6-3-4-7(6)5-8/h2-5,8H2,1H3. The van der Waals surface area contributed by atoms with E-state index in [9.17, 15) is 0 Å². The molecule has 1 rings (SSSR count). The largest absolute Gasteiger partial charge is 0.133 e. The Morgan fingerprint density at radius 1 is 1.38 bits per heavy atom. The van der Waals surface area contributed by atoms with E-state index < -0.39 is 0 Å². The van der Waals surface area contributed by atoms with Crippen molar-refractivity contribution in [3.05, 3.63) is 11.1 Å².